The number of halogens is 3. The fourth-order valence-electron chi connectivity index (χ4n) is 1.67. The maximum atomic E-state index is 12.8. The number of carbonyl (C=O) groups is 1. The van der Waals surface area contributed by atoms with Crippen LogP contribution in [0.5, 0.6) is 11.5 Å². The first-order chi connectivity index (χ1) is 10.9. The van der Waals surface area contributed by atoms with E-state index in [1.807, 2.05) is 0 Å². The molecule has 3 nitrogen and oxygen atoms in total. The van der Waals surface area contributed by atoms with Crippen molar-refractivity contribution in [3.05, 3.63) is 59.2 Å². The lowest BCUT2D eigenvalue weighted by Crippen LogP contribution is -2.07. The van der Waals surface area contributed by atoms with Gasteiger partial charge in [0.1, 0.15) is 17.8 Å². The Labute approximate surface area is 136 Å². The van der Waals surface area contributed by atoms with Crippen molar-refractivity contribution in [1.29, 1.82) is 5.26 Å². The molecule has 0 aliphatic heterocycles. The molecule has 0 saturated carbocycles. The largest absolute Gasteiger partial charge is 0.457 e. The van der Waals surface area contributed by atoms with Crippen molar-refractivity contribution in [2.75, 3.05) is 6.26 Å². The number of thiol groups is 1. The van der Waals surface area contributed by atoms with Crippen LogP contribution in [0.15, 0.2) is 42.5 Å². The second-order valence-electron chi connectivity index (χ2n) is 4.11. The minimum atomic E-state index is -4.63. The molecular weight excluding hydrogens is 327 g/mol. The van der Waals surface area contributed by atoms with Gasteiger partial charge >= 0.3 is 6.18 Å². The molecule has 0 spiro atoms. The van der Waals surface area contributed by atoms with Crippen molar-refractivity contribution < 1.29 is 22.7 Å². The maximum absolute atomic E-state index is 12.8. The molecule has 23 heavy (non-hydrogen) atoms. The molecule has 0 bridgehead atoms. The monoisotopic (exact) mass is 339 g/mol. The highest BCUT2D eigenvalue weighted by molar-refractivity contribution is 7.79. The average Bonchev–Trinajstić information content (AvgIpc) is 2.56. The Balaban J connectivity index is 0.00000127. The number of benzene rings is 2. The van der Waals surface area contributed by atoms with Gasteiger partial charge in [-0.1, -0.05) is 0 Å². The number of alkyl halides is 3. The summed E-state index contributed by atoms with van der Waals surface area (Å²) in [5.41, 5.74) is -1.09. The van der Waals surface area contributed by atoms with E-state index in [0.717, 1.165) is 12.1 Å². The lowest BCUT2D eigenvalue weighted by atomic mass is 10.1. The number of hydrogen-bond donors (Lipinski definition) is 1. The van der Waals surface area contributed by atoms with Crippen LogP contribution in [0.1, 0.15) is 21.5 Å². The Kier molecular flexibility index (Phi) is 6.66. The summed E-state index contributed by atoms with van der Waals surface area (Å²) in [7, 11) is 0. The molecule has 2 aromatic carbocycles. The average molecular weight is 339 g/mol. The van der Waals surface area contributed by atoms with Gasteiger partial charge in [-0.2, -0.15) is 31.1 Å². The topological polar surface area (TPSA) is 50.1 Å². The van der Waals surface area contributed by atoms with Gasteiger partial charge in [0.15, 0.2) is 0 Å². The minimum absolute atomic E-state index is 0.0415. The molecule has 0 radical (unpaired) electrons. The molecule has 0 aromatic heterocycles. The van der Waals surface area contributed by atoms with Crippen molar-refractivity contribution in [2.45, 2.75) is 6.18 Å². The minimum Gasteiger partial charge on any atom is -0.457 e. The highest BCUT2D eigenvalue weighted by Crippen LogP contribution is 2.35. The fourth-order valence-corrected chi connectivity index (χ4v) is 1.67. The number of rotatable bonds is 3. The number of nitrogens with zero attached hydrogens (tertiary/aromatic N) is 1. The summed E-state index contributed by atoms with van der Waals surface area (Å²) in [5.74, 6) is 0.249. The van der Waals surface area contributed by atoms with Crippen molar-refractivity contribution in [3.8, 4) is 17.6 Å². The first-order valence-corrected chi connectivity index (χ1v) is 7.12. The van der Waals surface area contributed by atoms with Crippen LogP contribution >= 0.6 is 12.6 Å². The first kappa shape index (κ1) is 18.6. The summed E-state index contributed by atoms with van der Waals surface area (Å²) in [6, 6.07) is 10.5. The van der Waals surface area contributed by atoms with Crippen molar-refractivity contribution in [1.82, 2.24) is 0 Å². The molecular formula is C16H12F3NO2S. The summed E-state index contributed by atoms with van der Waals surface area (Å²) in [6.07, 6.45) is -2.29. The number of carbonyl (C=O) groups excluding carboxylic acids is 1. The Bertz CT molecular complexity index is 707. The van der Waals surface area contributed by atoms with Crippen molar-refractivity contribution in [3.63, 3.8) is 0 Å². The molecule has 0 heterocycles. The van der Waals surface area contributed by atoms with Gasteiger partial charge in [-0.25, -0.2) is 0 Å². The normalized spacial score (nSPS) is 10.1. The SMILES string of the molecule is CS.N#Cc1ccc(Oc2ccc(C=O)cc2)cc1C(F)(F)F. The van der Waals surface area contributed by atoms with Gasteiger partial charge in [0, 0.05) is 5.56 Å². The predicted molar refractivity (Wildman–Crippen MR) is 83.0 cm³/mol. The van der Waals surface area contributed by atoms with E-state index in [2.05, 4.69) is 12.6 Å². The molecule has 0 unspecified atom stereocenters. The summed E-state index contributed by atoms with van der Waals surface area (Å²) in [6.45, 7) is 0. The fraction of sp³-hybridized carbons (Fsp3) is 0.125. The molecule has 0 saturated heterocycles. The molecule has 2 rings (SSSR count). The van der Waals surface area contributed by atoms with Gasteiger partial charge in [0.05, 0.1) is 17.2 Å². The summed E-state index contributed by atoms with van der Waals surface area (Å²) in [5, 5.41) is 8.70. The summed E-state index contributed by atoms with van der Waals surface area (Å²) >= 11 is 3.53. The summed E-state index contributed by atoms with van der Waals surface area (Å²) in [4.78, 5) is 10.5. The zero-order chi connectivity index (χ0) is 17.5. The third kappa shape index (κ3) is 5.04. The summed E-state index contributed by atoms with van der Waals surface area (Å²) < 4.78 is 43.7. The second kappa shape index (κ2) is 8.25. The van der Waals surface area contributed by atoms with Crippen LogP contribution in [0.2, 0.25) is 0 Å². The van der Waals surface area contributed by atoms with Crippen LogP contribution in [-0.4, -0.2) is 12.5 Å². The number of nitriles is 1. The molecule has 120 valence electrons. The third-order valence-corrected chi connectivity index (χ3v) is 2.67. The second-order valence-corrected chi connectivity index (χ2v) is 4.11. The highest BCUT2D eigenvalue weighted by atomic mass is 32.1. The van der Waals surface area contributed by atoms with Crippen molar-refractivity contribution >= 4 is 18.9 Å². The van der Waals surface area contributed by atoms with E-state index < -0.39 is 17.3 Å². The van der Waals surface area contributed by atoms with Gasteiger partial charge < -0.3 is 4.74 Å². The third-order valence-electron chi connectivity index (χ3n) is 2.67. The lowest BCUT2D eigenvalue weighted by molar-refractivity contribution is -0.137. The molecule has 0 aliphatic carbocycles. The first-order valence-electron chi connectivity index (χ1n) is 6.23. The Morgan fingerprint density at radius 3 is 2.13 bits per heavy atom. The molecule has 0 amide bonds. The van der Waals surface area contributed by atoms with Gasteiger partial charge in [-0.05, 0) is 48.7 Å². The maximum Gasteiger partial charge on any atom is 0.417 e. The van der Waals surface area contributed by atoms with E-state index in [-0.39, 0.29) is 5.75 Å². The van der Waals surface area contributed by atoms with E-state index in [0.29, 0.717) is 17.6 Å². The Hall–Kier alpha value is -2.46. The van der Waals surface area contributed by atoms with Crippen LogP contribution in [0.3, 0.4) is 0 Å². The number of ether oxygens (including phenoxy) is 1. The predicted octanol–water partition coefficient (Wildman–Crippen LogP) is 4.73. The molecule has 2 aromatic rings. The molecule has 0 fully saturated rings. The Morgan fingerprint density at radius 2 is 1.65 bits per heavy atom. The molecule has 7 heteroatoms. The van der Waals surface area contributed by atoms with E-state index in [9.17, 15) is 18.0 Å². The van der Waals surface area contributed by atoms with E-state index in [1.54, 1.807) is 6.26 Å². The van der Waals surface area contributed by atoms with Crippen LogP contribution in [0.25, 0.3) is 0 Å². The zero-order valence-corrected chi connectivity index (χ0v) is 12.9. The van der Waals surface area contributed by atoms with Gasteiger partial charge in [0.2, 0.25) is 0 Å². The number of aldehydes is 1. The Morgan fingerprint density at radius 1 is 1.09 bits per heavy atom. The van der Waals surface area contributed by atoms with E-state index in [1.165, 1.54) is 36.4 Å². The standard InChI is InChI=1S/C15H8F3NO2.CH4S/c16-15(17,18)14-7-13(6-3-11(14)8-19)21-12-4-1-10(9-20)2-5-12;1-2/h1-7,9H;2H,1H3. The number of hydrogen-bond acceptors (Lipinski definition) is 4. The van der Waals surface area contributed by atoms with E-state index in [4.69, 9.17) is 10.00 Å². The van der Waals surface area contributed by atoms with Gasteiger partial charge in [-0.3, -0.25) is 4.79 Å². The lowest BCUT2D eigenvalue weighted by Gasteiger charge is -2.11. The molecule has 0 atom stereocenters. The smallest absolute Gasteiger partial charge is 0.417 e. The highest BCUT2D eigenvalue weighted by Gasteiger charge is 2.34. The van der Waals surface area contributed by atoms with Gasteiger partial charge in [-0.15, -0.1) is 0 Å². The van der Waals surface area contributed by atoms with Crippen LogP contribution in [0.4, 0.5) is 13.2 Å². The van der Waals surface area contributed by atoms with Crippen molar-refractivity contribution in [2.24, 2.45) is 0 Å². The van der Waals surface area contributed by atoms with Gasteiger partial charge in [0.25, 0.3) is 0 Å². The van der Waals surface area contributed by atoms with E-state index >= 15 is 0 Å². The van der Waals surface area contributed by atoms with Crippen LogP contribution in [-0.2, 0) is 6.18 Å². The van der Waals surface area contributed by atoms with Crippen LogP contribution in [0, 0.1) is 11.3 Å². The zero-order valence-electron chi connectivity index (χ0n) is 12.0. The quantitative estimate of drug-likeness (QED) is 0.650. The van der Waals surface area contributed by atoms with Crippen LogP contribution < -0.4 is 4.74 Å². The molecule has 0 N–H and O–H groups in total. The molecule has 0 aliphatic rings.